The van der Waals surface area contributed by atoms with Crippen LogP contribution in [0.5, 0.6) is 0 Å². The minimum Gasteiger partial charge on any atom is -0.349 e. The molecule has 3 rings (SSSR count). The minimum atomic E-state index is -0.0153. The zero-order valence-electron chi connectivity index (χ0n) is 13.1. The molecule has 1 amide bonds. The highest BCUT2D eigenvalue weighted by Crippen LogP contribution is 2.61. The predicted octanol–water partition coefficient (Wildman–Crippen LogP) is 2.58. The lowest BCUT2D eigenvalue weighted by Crippen LogP contribution is -2.60. The maximum atomic E-state index is 12.5. The number of nitrogens with one attached hydrogen (secondary N) is 1. The molecule has 3 atom stereocenters. The summed E-state index contributed by atoms with van der Waals surface area (Å²) in [5, 5.41) is 3.42. The minimum absolute atomic E-state index is 0.0153. The molecule has 0 aromatic rings. The first kappa shape index (κ1) is 14.1. The van der Waals surface area contributed by atoms with E-state index in [4.69, 9.17) is 0 Å². The number of carbonyl (C=O) groups excluding carboxylic acids is 1. The highest BCUT2D eigenvalue weighted by Gasteiger charge is 2.60. The molecule has 2 fully saturated rings. The number of nitrogens with zero attached hydrogens (tertiary/aromatic N) is 1. The van der Waals surface area contributed by atoms with E-state index >= 15 is 0 Å². The number of carbonyl (C=O) groups is 1. The van der Waals surface area contributed by atoms with Gasteiger partial charge in [0.05, 0.1) is 6.54 Å². The van der Waals surface area contributed by atoms with E-state index in [2.05, 4.69) is 43.1 Å². The van der Waals surface area contributed by atoms with Crippen molar-refractivity contribution in [2.24, 2.45) is 17.3 Å². The normalized spacial score (nSPS) is 39.1. The molecule has 1 N–H and O–H groups in total. The van der Waals surface area contributed by atoms with Crippen molar-refractivity contribution in [1.82, 2.24) is 10.2 Å². The van der Waals surface area contributed by atoms with Crippen LogP contribution >= 0.6 is 0 Å². The monoisotopic (exact) mass is 276 g/mol. The summed E-state index contributed by atoms with van der Waals surface area (Å²) in [5.74, 6) is 1.67. The standard InChI is InChI=1S/C17H28N2O/c1-16(2)13-7-8-14(11-13)17(16,3)18-15(20)12-19-9-5-4-6-10-19/h4-5,13-14H,6-12H2,1-3H3,(H,18,20)/t13-,14-,17-/m1/s1. The van der Waals surface area contributed by atoms with E-state index in [0.717, 1.165) is 25.4 Å². The average Bonchev–Trinajstić information content (AvgIpc) is 2.94. The van der Waals surface area contributed by atoms with Gasteiger partial charge < -0.3 is 5.32 Å². The molecule has 0 aromatic carbocycles. The van der Waals surface area contributed by atoms with Crippen molar-refractivity contribution < 1.29 is 4.79 Å². The van der Waals surface area contributed by atoms with Crippen molar-refractivity contribution in [3.8, 4) is 0 Å². The van der Waals surface area contributed by atoms with Crippen LogP contribution in [-0.4, -0.2) is 36.0 Å². The third-order valence-electron chi connectivity index (χ3n) is 6.52. The number of rotatable bonds is 3. The van der Waals surface area contributed by atoms with Crippen LogP contribution in [0, 0.1) is 17.3 Å². The van der Waals surface area contributed by atoms with Crippen molar-refractivity contribution >= 4 is 5.91 Å². The number of hydrogen-bond acceptors (Lipinski definition) is 2. The molecule has 0 unspecified atom stereocenters. The molecule has 2 bridgehead atoms. The fourth-order valence-corrected chi connectivity index (χ4v) is 4.74. The summed E-state index contributed by atoms with van der Waals surface area (Å²) >= 11 is 0. The third kappa shape index (κ3) is 2.11. The zero-order valence-corrected chi connectivity index (χ0v) is 13.1. The van der Waals surface area contributed by atoms with Gasteiger partial charge in [-0.1, -0.05) is 26.0 Å². The second-order valence-corrected chi connectivity index (χ2v) is 7.67. The quantitative estimate of drug-likeness (QED) is 0.804. The molecular weight excluding hydrogens is 248 g/mol. The molecule has 112 valence electrons. The summed E-state index contributed by atoms with van der Waals surface area (Å²) in [6, 6.07) is 0. The van der Waals surface area contributed by atoms with Crippen LogP contribution in [-0.2, 0) is 4.79 Å². The topological polar surface area (TPSA) is 32.3 Å². The van der Waals surface area contributed by atoms with Crippen molar-refractivity contribution in [3.63, 3.8) is 0 Å². The van der Waals surface area contributed by atoms with Gasteiger partial charge in [0.25, 0.3) is 0 Å². The molecule has 0 saturated heterocycles. The van der Waals surface area contributed by atoms with Gasteiger partial charge in [0.1, 0.15) is 0 Å². The lowest BCUT2D eigenvalue weighted by Gasteiger charge is -2.48. The average molecular weight is 276 g/mol. The Balaban J connectivity index is 1.64. The molecule has 2 aliphatic carbocycles. The van der Waals surface area contributed by atoms with E-state index in [1.807, 2.05) is 0 Å². The van der Waals surface area contributed by atoms with E-state index < -0.39 is 0 Å². The SMILES string of the molecule is CC1(C)[C@@H]2CC[C@H](C2)[C@@]1(C)NC(=O)CN1CC=CCC1. The Morgan fingerprint density at radius 3 is 2.60 bits per heavy atom. The van der Waals surface area contributed by atoms with Gasteiger partial charge >= 0.3 is 0 Å². The third-order valence-corrected chi connectivity index (χ3v) is 6.52. The molecule has 1 aliphatic heterocycles. The predicted molar refractivity (Wildman–Crippen MR) is 81.4 cm³/mol. The lowest BCUT2D eigenvalue weighted by atomic mass is 9.64. The highest BCUT2D eigenvalue weighted by molar-refractivity contribution is 5.79. The van der Waals surface area contributed by atoms with Crippen LogP contribution in [0.2, 0.25) is 0 Å². The Hall–Kier alpha value is -0.830. The Bertz CT molecular complexity index is 429. The molecule has 1 heterocycles. The number of hydrogen-bond donors (Lipinski definition) is 1. The molecule has 0 spiro atoms. The molecule has 2 saturated carbocycles. The van der Waals surface area contributed by atoms with Crippen LogP contribution in [0.4, 0.5) is 0 Å². The fourth-order valence-electron chi connectivity index (χ4n) is 4.74. The summed E-state index contributed by atoms with van der Waals surface area (Å²) in [7, 11) is 0. The maximum Gasteiger partial charge on any atom is 0.234 e. The first-order chi connectivity index (χ1) is 9.43. The maximum absolute atomic E-state index is 12.5. The fraction of sp³-hybridized carbons (Fsp3) is 0.824. The number of amides is 1. The van der Waals surface area contributed by atoms with Crippen LogP contribution in [0.3, 0.4) is 0 Å². The van der Waals surface area contributed by atoms with Gasteiger partial charge in [0.2, 0.25) is 5.91 Å². The van der Waals surface area contributed by atoms with E-state index in [9.17, 15) is 4.79 Å². The van der Waals surface area contributed by atoms with E-state index in [1.54, 1.807) is 0 Å². The highest BCUT2D eigenvalue weighted by atomic mass is 16.2. The summed E-state index contributed by atoms with van der Waals surface area (Å²) in [4.78, 5) is 14.7. The Morgan fingerprint density at radius 1 is 1.25 bits per heavy atom. The van der Waals surface area contributed by atoms with Crippen molar-refractivity contribution in [1.29, 1.82) is 0 Å². The summed E-state index contributed by atoms with van der Waals surface area (Å²) < 4.78 is 0. The van der Waals surface area contributed by atoms with Crippen LogP contribution in [0.1, 0.15) is 46.5 Å². The molecule has 3 heteroatoms. The van der Waals surface area contributed by atoms with Crippen molar-refractivity contribution in [2.75, 3.05) is 19.6 Å². The Morgan fingerprint density at radius 2 is 2.00 bits per heavy atom. The van der Waals surface area contributed by atoms with Gasteiger partial charge in [-0.15, -0.1) is 0 Å². The summed E-state index contributed by atoms with van der Waals surface area (Å²) in [6.07, 6.45) is 9.38. The van der Waals surface area contributed by atoms with E-state index in [1.165, 1.54) is 19.3 Å². The molecule has 3 nitrogen and oxygen atoms in total. The second kappa shape index (κ2) is 4.87. The van der Waals surface area contributed by atoms with Gasteiger partial charge in [-0.2, -0.15) is 0 Å². The van der Waals surface area contributed by atoms with Crippen molar-refractivity contribution in [3.05, 3.63) is 12.2 Å². The van der Waals surface area contributed by atoms with Gasteiger partial charge in [0.15, 0.2) is 0 Å². The molecule has 0 radical (unpaired) electrons. The Kier molecular flexibility index (Phi) is 3.44. The van der Waals surface area contributed by atoms with Crippen LogP contribution in [0.25, 0.3) is 0 Å². The first-order valence-electron chi connectivity index (χ1n) is 8.12. The first-order valence-corrected chi connectivity index (χ1v) is 8.12. The number of fused-ring (bicyclic) bond motifs is 2. The second-order valence-electron chi connectivity index (χ2n) is 7.67. The van der Waals surface area contributed by atoms with Crippen molar-refractivity contribution in [2.45, 2.75) is 52.0 Å². The molecule has 0 aromatic heterocycles. The van der Waals surface area contributed by atoms with Gasteiger partial charge in [-0.25, -0.2) is 0 Å². The lowest BCUT2D eigenvalue weighted by molar-refractivity contribution is -0.126. The van der Waals surface area contributed by atoms with E-state index in [0.29, 0.717) is 12.5 Å². The molecular formula is C17H28N2O. The van der Waals surface area contributed by atoms with Gasteiger partial charge in [-0.05, 0) is 49.9 Å². The van der Waals surface area contributed by atoms with Crippen LogP contribution in [0.15, 0.2) is 12.2 Å². The van der Waals surface area contributed by atoms with Gasteiger partial charge in [-0.3, -0.25) is 9.69 Å². The summed E-state index contributed by atoms with van der Waals surface area (Å²) in [6.45, 7) is 9.45. The van der Waals surface area contributed by atoms with Crippen LogP contribution < -0.4 is 5.32 Å². The molecule has 3 aliphatic rings. The van der Waals surface area contributed by atoms with E-state index in [-0.39, 0.29) is 16.9 Å². The zero-order chi connectivity index (χ0) is 14.4. The largest absolute Gasteiger partial charge is 0.349 e. The van der Waals surface area contributed by atoms with Gasteiger partial charge in [0, 0.05) is 18.6 Å². The molecule has 20 heavy (non-hydrogen) atoms. The summed E-state index contributed by atoms with van der Waals surface area (Å²) in [5.41, 5.74) is 0.214. The Labute approximate surface area is 122 Å². The smallest absolute Gasteiger partial charge is 0.234 e.